The molecule has 0 N–H and O–H groups in total. The number of aromatic nitrogens is 4. The van der Waals surface area contributed by atoms with Crippen LogP contribution in [0.5, 0.6) is 0 Å². The second kappa shape index (κ2) is 7.06. The fourth-order valence-electron chi connectivity index (χ4n) is 3.55. The highest BCUT2D eigenvalue weighted by Crippen LogP contribution is 2.28. The third kappa shape index (κ3) is 3.50. The number of aryl methyl sites for hydroxylation is 1. The Morgan fingerprint density at radius 2 is 2.20 bits per heavy atom. The molecule has 3 aromatic heterocycles. The van der Waals surface area contributed by atoms with E-state index < -0.39 is 0 Å². The SMILES string of the molecule is Cc1ncc(-c2cccc(C3CCCN(Cc4cscn4)C3)n2)n1C. The lowest BCUT2D eigenvalue weighted by Gasteiger charge is -2.32. The molecule has 3 aromatic rings. The topological polar surface area (TPSA) is 46.8 Å². The predicted octanol–water partition coefficient (Wildman–Crippen LogP) is 3.63. The minimum Gasteiger partial charge on any atom is -0.330 e. The van der Waals surface area contributed by atoms with Crippen LogP contribution in [0.4, 0.5) is 0 Å². The summed E-state index contributed by atoms with van der Waals surface area (Å²) in [5.74, 6) is 1.50. The van der Waals surface area contributed by atoms with Crippen LogP contribution >= 0.6 is 11.3 Å². The number of pyridine rings is 1. The molecule has 0 bridgehead atoms. The molecule has 0 saturated carbocycles. The summed E-state index contributed by atoms with van der Waals surface area (Å²) in [5, 5.41) is 2.15. The second-order valence-corrected chi connectivity index (χ2v) is 7.47. The first kappa shape index (κ1) is 16.4. The Labute approximate surface area is 152 Å². The fraction of sp³-hybridized carbons (Fsp3) is 0.421. The summed E-state index contributed by atoms with van der Waals surface area (Å²) in [4.78, 5) is 16.3. The summed E-state index contributed by atoms with van der Waals surface area (Å²) in [5.41, 5.74) is 6.38. The van der Waals surface area contributed by atoms with Crippen molar-refractivity contribution in [2.75, 3.05) is 13.1 Å². The van der Waals surface area contributed by atoms with Crippen LogP contribution in [-0.2, 0) is 13.6 Å². The quantitative estimate of drug-likeness (QED) is 0.719. The van der Waals surface area contributed by atoms with Gasteiger partial charge in [0.2, 0.25) is 0 Å². The number of piperidine rings is 1. The third-order valence-corrected chi connectivity index (χ3v) is 5.68. The molecule has 130 valence electrons. The standard InChI is InChI=1S/C19H23N5S/c1-14-20-9-19(23(14)2)18-7-3-6-17(22-18)15-5-4-8-24(10-15)11-16-12-25-13-21-16/h3,6-7,9,12-13,15H,4-5,8,10-11H2,1-2H3. The lowest BCUT2D eigenvalue weighted by molar-refractivity contribution is 0.197. The van der Waals surface area contributed by atoms with Crippen LogP contribution in [0.2, 0.25) is 0 Å². The number of rotatable bonds is 4. The number of likely N-dealkylation sites (tertiary alicyclic amines) is 1. The zero-order chi connectivity index (χ0) is 17.2. The normalized spacial score (nSPS) is 18.6. The van der Waals surface area contributed by atoms with Gasteiger partial charge in [0.1, 0.15) is 5.82 Å². The lowest BCUT2D eigenvalue weighted by Crippen LogP contribution is -2.34. The molecule has 0 spiro atoms. The summed E-state index contributed by atoms with van der Waals surface area (Å²) >= 11 is 1.67. The maximum Gasteiger partial charge on any atom is 0.105 e. The molecule has 0 aliphatic carbocycles. The zero-order valence-corrected chi connectivity index (χ0v) is 15.5. The summed E-state index contributed by atoms with van der Waals surface area (Å²) in [6, 6.07) is 6.37. The van der Waals surface area contributed by atoms with Crippen LogP contribution in [0, 0.1) is 6.92 Å². The van der Waals surface area contributed by atoms with E-state index in [9.17, 15) is 0 Å². The molecule has 0 radical (unpaired) electrons. The van der Waals surface area contributed by atoms with Crippen molar-refractivity contribution in [2.24, 2.45) is 7.05 Å². The number of hydrogen-bond donors (Lipinski definition) is 0. The van der Waals surface area contributed by atoms with Gasteiger partial charge in [0.05, 0.1) is 28.8 Å². The van der Waals surface area contributed by atoms with E-state index in [2.05, 4.69) is 43.0 Å². The largest absolute Gasteiger partial charge is 0.330 e. The summed E-state index contributed by atoms with van der Waals surface area (Å²) in [6.45, 7) is 5.17. The molecule has 25 heavy (non-hydrogen) atoms. The average molecular weight is 353 g/mol. The van der Waals surface area contributed by atoms with Gasteiger partial charge in [-0.15, -0.1) is 11.3 Å². The van der Waals surface area contributed by atoms with Crippen molar-refractivity contribution in [2.45, 2.75) is 32.2 Å². The van der Waals surface area contributed by atoms with Crippen LogP contribution in [0.1, 0.15) is 36.0 Å². The number of hydrogen-bond acceptors (Lipinski definition) is 5. The lowest BCUT2D eigenvalue weighted by atomic mass is 9.94. The van der Waals surface area contributed by atoms with E-state index in [-0.39, 0.29) is 0 Å². The van der Waals surface area contributed by atoms with Crippen molar-refractivity contribution < 1.29 is 0 Å². The van der Waals surface area contributed by atoms with E-state index in [4.69, 9.17) is 4.98 Å². The average Bonchev–Trinajstić information content (AvgIpc) is 3.26. The van der Waals surface area contributed by atoms with Gasteiger partial charge >= 0.3 is 0 Å². The molecule has 1 fully saturated rings. The van der Waals surface area contributed by atoms with E-state index in [1.165, 1.54) is 24.2 Å². The van der Waals surface area contributed by atoms with Crippen molar-refractivity contribution in [1.82, 2.24) is 24.4 Å². The molecular weight excluding hydrogens is 330 g/mol. The van der Waals surface area contributed by atoms with Gasteiger partial charge in [0, 0.05) is 37.1 Å². The van der Waals surface area contributed by atoms with Crippen molar-refractivity contribution in [3.05, 3.63) is 52.5 Å². The van der Waals surface area contributed by atoms with E-state index in [1.54, 1.807) is 11.3 Å². The minimum absolute atomic E-state index is 0.488. The number of thiazole rings is 1. The third-order valence-electron chi connectivity index (χ3n) is 5.05. The highest BCUT2D eigenvalue weighted by molar-refractivity contribution is 7.07. The van der Waals surface area contributed by atoms with Gasteiger partial charge in [0.15, 0.2) is 0 Å². The van der Waals surface area contributed by atoms with Crippen molar-refractivity contribution in [3.8, 4) is 11.4 Å². The van der Waals surface area contributed by atoms with E-state index in [1.807, 2.05) is 25.7 Å². The smallest absolute Gasteiger partial charge is 0.105 e. The maximum atomic E-state index is 4.97. The Kier molecular flexibility index (Phi) is 4.63. The van der Waals surface area contributed by atoms with E-state index >= 15 is 0 Å². The van der Waals surface area contributed by atoms with Crippen LogP contribution < -0.4 is 0 Å². The molecule has 1 unspecified atom stereocenters. The molecule has 0 aromatic carbocycles. The first-order valence-corrected chi connectivity index (χ1v) is 9.70. The fourth-order valence-corrected chi connectivity index (χ4v) is 4.10. The predicted molar refractivity (Wildman–Crippen MR) is 101 cm³/mol. The second-order valence-electron chi connectivity index (χ2n) is 6.75. The van der Waals surface area contributed by atoms with Crippen LogP contribution in [0.25, 0.3) is 11.4 Å². The van der Waals surface area contributed by atoms with Crippen LogP contribution in [0.3, 0.4) is 0 Å². The van der Waals surface area contributed by atoms with Crippen molar-refractivity contribution >= 4 is 11.3 Å². The van der Waals surface area contributed by atoms with Crippen molar-refractivity contribution in [3.63, 3.8) is 0 Å². The molecule has 4 rings (SSSR count). The molecule has 1 atom stereocenters. The molecule has 1 aliphatic heterocycles. The summed E-state index contributed by atoms with van der Waals surface area (Å²) in [7, 11) is 2.04. The first-order valence-electron chi connectivity index (χ1n) is 8.76. The van der Waals surface area contributed by atoms with Gasteiger partial charge in [-0.05, 0) is 38.4 Å². The zero-order valence-electron chi connectivity index (χ0n) is 14.7. The Hall–Kier alpha value is -2.05. The van der Waals surface area contributed by atoms with E-state index in [0.29, 0.717) is 5.92 Å². The molecule has 1 aliphatic rings. The number of nitrogens with zero attached hydrogens (tertiary/aromatic N) is 5. The van der Waals surface area contributed by atoms with Gasteiger partial charge in [-0.2, -0.15) is 0 Å². The molecule has 6 heteroatoms. The van der Waals surface area contributed by atoms with Gasteiger partial charge < -0.3 is 4.57 Å². The molecule has 4 heterocycles. The molecule has 5 nitrogen and oxygen atoms in total. The Morgan fingerprint density at radius 3 is 2.96 bits per heavy atom. The minimum atomic E-state index is 0.488. The van der Waals surface area contributed by atoms with Crippen LogP contribution in [-0.4, -0.2) is 37.5 Å². The summed E-state index contributed by atoms with van der Waals surface area (Å²) in [6.07, 6.45) is 4.33. The van der Waals surface area contributed by atoms with Gasteiger partial charge in [0.25, 0.3) is 0 Å². The Bertz CT molecular complexity index is 839. The van der Waals surface area contributed by atoms with Gasteiger partial charge in [-0.25, -0.2) is 9.97 Å². The van der Waals surface area contributed by atoms with E-state index in [0.717, 1.165) is 36.8 Å². The highest BCUT2D eigenvalue weighted by Gasteiger charge is 2.23. The first-order chi connectivity index (χ1) is 12.2. The highest BCUT2D eigenvalue weighted by atomic mass is 32.1. The van der Waals surface area contributed by atoms with Crippen LogP contribution in [0.15, 0.2) is 35.3 Å². The summed E-state index contributed by atoms with van der Waals surface area (Å²) < 4.78 is 2.10. The van der Waals surface area contributed by atoms with Gasteiger partial charge in [-0.1, -0.05) is 6.07 Å². The molecular formula is C19H23N5S. The molecule has 1 saturated heterocycles. The number of imidazole rings is 1. The van der Waals surface area contributed by atoms with Gasteiger partial charge in [-0.3, -0.25) is 9.88 Å². The monoisotopic (exact) mass is 353 g/mol. The van der Waals surface area contributed by atoms with Crippen molar-refractivity contribution in [1.29, 1.82) is 0 Å². The maximum absolute atomic E-state index is 4.97. The Morgan fingerprint density at radius 1 is 1.28 bits per heavy atom. The molecule has 0 amide bonds. The Balaban J connectivity index is 1.53.